The van der Waals surface area contributed by atoms with Crippen LogP contribution < -0.4 is 0 Å². The second kappa shape index (κ2) is 5.56. The molecule has 4 rings (SSSR count). The van der Waals surface area contributed by atoms with Gasteiger partial charge in [0.15, 0.2) is 0 Å². The highest BCUT2D eigenvalue weighted by atomic mass is 14.6. The van der Waals surface area contributed by atoms with Gasteiger partial charge < -0.3 is 0 Å². The van der Waals surface area contributed by atoms with Crippen molar-refractivity contribution in [1.82, 2.24) is 0 Å². The predicted octanol–water partition coefficient (Wildman–Crippen LogP) is 6.45. The van der Waals surface area contributed by atoms with Crippen molar-refractivity contribution in [2.75, 3.05) is 0 Å². The van der Waals surface area contributed by atoms with Gasteiger partial charge in [-0.05, 0) is 53.3 Å². The quantitative estimate of drug-likeness (QED) is 0.525. The second-order valence-corrected chi connectivity index (χ2v) is 10.4. The molecule has 2 bridgehead atoms. The first kappa shape index (κ1) is 16.9. The number of hydrogen-bond donors (Lipinski definition) is 0. The average molecular weight is 301 g/mol. The van der Waals surface area contributed by atoms with Gasteiger partial charge in [0.2, 0.25) is 0 Å². The van der Waals surface area contributed by atoms with Crippen LogP contribution in [0.1, 0.15) is 80.6 Å². The van der Waals surface area contributed by atoms with E-state index in [1.54, 1.807) is 0 Å². The first-order chi connectivity index (χ1) is 10.2. The van der Waals surface area contributed by atoms with Crippen molar-refractivity contribution in [1.29, 1.82) is 0 Å². The van der Waals surface area contributed by atoms with Crippen molar-refractivity contribution in [3.8, 4) is 0 Å². The Morgan fingerprint density at radius 2 is 1.64 bits per heavy atom. The molecule has 125 valence electrons. The van der Waals surface area contributed by atoms with Crippen LogP contribution in [-0.4, -0.2) is 7.28 Å². The van der Waals surface area contributed by atoms with Crippen molar-refractivity contribution < 1.29 is 0 Å². The molecule has 4 fully saturated rings. The smallest absolute Gasteiger partial charge is 0.0657 e. The minimum atomic E-state index is 0.556. The lowest BCUT2D eigenvalue weighted by Crippen LogP contribution is -2.54. The predicted molar refractivity (Wildman–Crippen MR) is 98.4 cm³/mol. The van der Waals surface area contributed by atoms with E-state index in [-0.39, 0.29) is 0 Å². The van der Waals surface area contributed by atoms with E-state index < -0.39 is 0 Å². The summed E-state index contributed by atoms with van der Waals surface area (Å²) in [5.41, 5.74) is 1.19. The molecule has 0 aromatic carbocycles. The zero-order chi connectivity index (χ0) is 16.3. The van der Waals surface area contributed by atoms with Gasteiger partial charge in [0.1, 0.15) is 7.28 Å². The molecule has 1 heteroatoms. The monoisotopic (exact) mass is 301 g/mol. The summed E-state index contributed by atoms with van der Waals surface area (Å²) in [5.74, 6) is 6.49. The second-order valence-electron chi connectivity index (χ2n) is 10.4. The fraction of sp³-hybridized carbons (Fsp3) is 1.00. The minimum absolute atomic E-state index is 0.556. The van der Waals surface area contributed by atoms with Crippen molar-refractivity contribution in [3.05, 3.63) is 0 Å². The third-order valence-electron chi connectivity index (χ3n) is 8.78. The van der Waals surface area contributed by atoms with E-state index in [1.165, 1.54) is 32.1 Å². The average Bonchev–Trinajstić information content (AvgIpc) is 2.43. The number of hydrogen-bond acceptors (Lipinski definition) is 0. The van der Waals surface area contributed by atoms with E-state index in [1.807, 2.05) is 0 Å². The van der Waals surface area contributed by atoms with E-state index in [0.29, 0.717) is 10.8 Å². The molecule has 7 atom stereocenters. The summed E-state index contributed by atoms with van der Waals surface area (Å²) >= 11 is 0. The molecule has 0 aliphatic heterocycles. The van der Waals surface area contributed by atoms with Crippen molar-refractivity contribution >= 4 is 7.28 Å². The van der Waals surface area contributed by atoms with Gasteiger partial charge in [-0.3, -0.25) is 0 Å². The Balaban J connectivity index is 1.65. The summed E-state index contributed by atoms with van der Waals surface area (Å²) in [4.78, 5) is 0. The van der Waals surface area contributed by atoms with Gasteiger partial charge in [0.25, 0.3) is 0 Å². The molecule has 1 unspecified atom stereocenters. The molecule has 0 N–H and O–H groups in total. The lowest BCUT2D eigenvalue weighted by Gasteiger charge is -2.63. The summed E-state index contributed by atoms with van der Waals surface area (Å²) in [6.07, 6.45) is 7.22. The summed E-state index contributed by atoms with van der Waals surface area (Å²) < 4.78 is 0. The normalized spacial score (nSPS) is 49.3. The van der Waals surface area contributed by atoms with Crippen LogP contribution in [0.2, 0.25) is 11.6 Å². The van der Waals surface area contributed by atoms with Crippen LogP contribution in [0.25, 0.3) is 0 Å². The van der Waals surface area contributed by atoms with E-state index in [4.69, 9.17) is 0 Å². The Morgan fingerprint density at radius 3 is 2.18 bits per heavy atom. The van der Waals surface area contributed by atoms with Crippen LogP contribution in [0.15, 0.2) is 0 Å². The Hall–Kier alpha value is 0.0649. The van der Waals surface area contributed by atoms with Gasteiger partial charge >= 0.3 is 0 Å². The Bertz CT molecular complexity index is 410. The maximum Gasteiger partial charge on any atom is 0.118 e. The summed E-state index contributed by atoms with van der Waals surface area (Å²) in [5, 5.41) is 0. The highest BCUT2D eigenvalue weighted by Crippen LogP contribution is 2.65. The lowest BCUT2D eigenvalue weighted by molar-refractivity contribution is -0.0989. The van der Waals surface area contributed by atoms with Gasteiger partial charge in [0.05, 0.1) is 0 Å². The molecule has 0 saturated heterocycles. The molecule has 4 aliphatic rings. The molecule has 0 heterocycles. The first-order valence-electron chi connectivity index (χ1n) is 10.0. The van der Waals surface area contributed by atoms with Crippen LogP contribution in [0, 0.1) is 40.4 Å². The topological polar surface area (TPSA) is 0 Å². The van der Waals surface area contributed by atoms with Gasteiger partial charge in [-0.15, -0.1) is 0 Å². The Morgan fingerprint density at radius 1 is 0.955 bits per heavy atom. The largest absolute Gasteiger partial charge is 0.118 e. The standard InChI is InChI=1S/C21H38B/c1-8-16-13(2)18(9-10-20(16,4)5)22-19-12-15-11-17(14(19)3)21(15,6)7/h13-19H,8-12H2,1-7H3/t13-,14-,15+,16-,17-,18-,19?/m0/s1. The van der Waals surface area contributed by atoms with Gasteiger partial charge in [-0.25, -0.2) is 0 Å². The zero-order valence-corrected chi connectivity index (χ0v) is 16.2. The maximum absolute atomic E-state index is 2.85. The van der Waals surface area contributed by atoms with Crippen LogP contribution in [0.3, 0.4) is 0 Å². The van der Waals surface area contributed by atoms with Gasteiger partial charge in [-0.1, -0.05) is 79.4 Å². The van der Waals surface area contributed by atoms with Crippen LogP contribution >= 0.6 is 0 Å². The molecule has 0 aromatic heterocycles. The molecule has 22 heavy (non-hydrogen) atoms. The summed E-state index contributed by atoms with van der Waals surface area (Å²) in [6, 6.07) is 0. The number of rotatable bonds is 3. The van der Waals surface area contributed by atoms with Crippen LogP contribution in [0.5, 0.6) is 0 Å². The Labute approximate surface area is 140 Å². The molecule has 0 amide bonds. The molecule has 4 aliphatic carbocycles. The zero-order valence-electron chi connectivity index (χ0n) is 16.2. The van der Waals surface area contributed by atoms with Crippen LogP contribution in [0.4, 0.5) is 0 Å². The fourth-order valence-electron chi connectivity index (χ4n) is 6.95. The fourth-order valence-corrected chi connectivity index (χ4v) is 6.95. The van der Waals surface area contributed by atoms with E-state index in [0.717, 1.165) is 41.2 Å². The van der Waals surface area contributed by atoms with Crippen molar-refractivity contribution in [2.24, 2.45) is 40.4 Å². The van der Waals surface area contributed by atoms with E-state index in [9.17, 15) is 0 Å². The molecule has 1 radical (unpaired) electrons. The van der Waals surface area contributed by atoms with Crippen molar-refractivity contribution in [3.63, 3.8) is 0 Å². The summed E-state index contributed by atoms with van der Waals surface area (Å²) in [6.45, 7) is 17.6. The third kappa shape index (κ3) is 2.50. The van der Waals surface area contributed by atoms with E-state index >= 15 is 0 Å². The molecule has 4 saturated carbocycles. The van der Waals surface area contributed by atoms with Gasteiger partial charge in [0, 0.05) is 0 Å². The maximum atomic E-state index is 2.85. The highest BCUT2D eigenvalue weighted by molar-refractivity contribution is 6.40. The van der Waals surface area contributed by atoms with Crippen molar-refractivity contribution in [2.45, 2.75) is 92.2 Å². The molecular weight excluding hydrogens is 263 g/mol. The van der Waals surface area contributed by atoms with Gasteiger partial charge in [-0.2, -0.15) is 0 Å². The molecule has 0 aromatic rings. The number of fused-ring (bicyclic) bond motifs is 2. The highest BCUT2D eigenvalue weighted by Gasteiger charge is 2.56. The third-order valence-corrected chi connectivity index (χ3v) is 8.78. The summed E-state index contributed by atoms with van der Waals surface area (Å²) in [7, 11) is 2.85. The Kier molecular flexibility index (Phi) is 4.27. The minimum Gasteiger partial charge on any atom is -0.0657 e. The molecule has 0 nitrogen and oxygen atoms in total. The molecule has 0 spiro atoms. The molecular formula is C21H38B. The SMILES string of the molecule is CC[C@H]1[C@H](C)[C@@H]([B]C2C[C@H]3C[C@@H]([C@@H]2C)C3(C)C)CCC1(C)C. The first-order valence-corrected chi connectivity index (χ1v) is 10.0. The lowest BCUT2D eigenvalue weighted by atomic mass is 9.33. The van der Waals surface area contributed by atoms with E-state index in [2.05, 4.69) is 55.7 Å². The van der Waals surface area contributed by atoms with Crippen LogP contribution in [-0.2, 0) is 0 Å².